The zero-order chi connectivity index (χ0) is 14.3. The highest BCUT2D eigenvalue weighted by Gasteiger charge is 2.19. The second kappa shape index (κ2) is 8.19. The maximum atomic E-state index is 11.8. The van der Waals surface area contributed by atoms with Crippen molar-refractivity contribution < 1.29 is 8.42 Å². The van der Waals surface area contributed by atoms with E-state index in [9.17, 15) is 8.42 Å². The molecule has 1 aliphatic carbocycles. The molecule has 1 aliphatic rings. The molecule has 0 heterocycles. The van der Waals surface area contributed by atoms with Gasteiger partial charge in [-0.15, -0.1) is 0 Å². The summed E-state index contributed by atoms with van der Waals surface area (Å²) >= 11 is 0. The van der Waals surface area contributed by atoms with Crippen LogP contribution in [0.4, 0.5) is 0 Å². The molecule has 0 amide bonds. The molecule has 0 bridgehead atoms. The van der Waals surface area contributed by atoms with E-state index in [1.807, 2.05) is 21.0 Å². The lowest BCUT2D eigenvalue weighted by Gasteiger charge is -2.16. The zero-order valence-corrected chi connectivity index (χ0v) is 13.3. The van der Waals surface area contributed by atoms with E-state index in [-0.39, 0.29) is 11.8 Å². The lowest BCUT2D eigenvalue weighted by molar-refractivity contribution is 0.379. The van der Waals surface area contributed by atoms with Crippen LogP contribution in [-0.4, -0.2) is 58.3 Å². The molecule has 0 radical (unpaired) electrons. The van der Waals surface area contributed by atoms with Gasteiger partial charge in [0, 0.05) is 12.1 Å². The van der Waals surface area contributed by atoms with Crippen molar-refractivity contribution in [3.8, 4) is 0 Å². The van der Waals surface area contributed by atoms with Crippen LogP contribution >= 0.6 is 0 Å². The van der Waals surface area contributed by atoms with Gasteiger partial charge in [-0.1, -0.05) is 0 Å². The van der Waals surface area contributed by atoms with Gasteiger partial charge in [-0.25, -0.2) is 13.1 Å². The van der Waals surface area contributed by atoms with Gasteiger partial charge in [0.25, 0.3) is 0 Å². The molecule has 1 fully saturated rings. The minimum atomic E-state index is -3.11. The molecule has 1 unspecified atom stereocenters. The molecule has 1 atom stereocenters. The molecular formula is C13H29N3O2S. The van der Waals surface area contributed by atoms with Crippen molar-refractivity contribution in [1.82, 2.24) is 14.9 Å². The Labute approximate surface area is 118 Å². The summed E-state index contributed by atoms with van der Waals surface area (Å²) in [6, 6.07) is 0.720. The van der Waals surface area contributed by atoms with E-state index in [2.05, 4.69) is 14.9 Å². The summed E-state index contributed by atoms with van der Waals surface area (Å²) in [7, 11) is 0.878. The van der Waals surface area contributed by atoms with Crippen molar-refractivity contribution in [2.45, 2.75) is 51.1 Å². The van der Waals surface area contributed by atoms with Gasteiger partial charge in [-0.2, -0.15) is 0 Å². The number of sulfonamides is 1. The van der Waals surface area contributed by atoms with Crippen molar-refractivity contribution in [3.63, 3.8) is 0 Å². The smallest absolute Gasteiger partial charge is 0.211 e. The molecule has 5 nitrogen and oxygen atoms in total. The fourth-order valence-electron chi connectivity index (χ4n) is 1.89. The van der Waals surface area contributed by atoms with Gasteiger partial charge in [0.15, 0.2) is 0 Å². The van der Waals surface area contributed by atoms with E-state index in [1.165, 1.54) is 12.8 Å². The first-order valence-electron chi connectivity index (χ1n) is 7.27. The maximum absolute atomic E-state index is 11.8. The average Bonchev–Trinajstić information content (AvgIpc) is 3.09. The molecule has 2 N–H and O–H groups in total. The molecule has 1 rings (SSSR count). The van der Waals surface area contributed by atoms with Crippen LogP contribution < -0.4 is 10.0 Å². The van der Waals surface area contributed by atoms with Crippen LogP contribution in [0.15, 0.2) is 0 Å². The highest BCUT2D eigenvalue weighted by atomic mass is 32.2. The molecule has 6 heteroatoms. The largest absolute Gasteiger partial charge is 0.314 e. The number of unbranched alkanes of at least 4 members (excludes halogenated alkanes) is 1. The summed E-state index contributed by atoms with van der Waals surface area (Å²) in [5, 5.41) is 3.40. The first kappa shape index (κ1) is 16.9. The fraction of sp³-hybridized carbons (Fsp3) is 1.00. The Morgan fingerprint density at radius 1 is 1.26 bits per heavy atom. The summed E-state index contributed by atoms with van der Waals surface area (Å²) in [5.41, 5.74) is 0. The van der Waals surface area contributed by atoms with E-state index in [4.69, 9.17) is 0 Å². The average molecular weight is 291 g/mol. The predicted octanol–water partition coefficient (Wildman–Crippen LogP) is 0.778. The van der Waals surface area contributed by atoms with Gasteiger partial charge in [0.1, 0.15) is 0 Å². The fourth-order valence-corrected chi connectivity index (χ4v) is 3.32. The lowest BCUT2D eigenvalue weighted by Crippen LogP contribution is -2.36. The predicted molar refractivity (Wildman–Crippen MR) is 79.8 cm³/mol. The molecule has 1 saturated carbocycles. The van der Waals surface area contributed by atoms with Crippen LogP contribution in [0.25, 0.3) is 0 Å². The molecule has 0 spiro atoms. The number of nitrogens with one attached hydrogen (secondary N) is 2. The van der Waals surface area contributed by atoms with Crippen LogP contribution in [0.2, 0.25) is 0 Å². The van der Waals surface area contributed by atoms with Gasteiger partial charge in [0.05, 0.1) is 5.75 Å². The second-order valence-electron chi connectivity index (χ2n) is 5.87. The minimum Gasteiger partial charge on any atom is -0.314 e. The molecule has 0 aromatic rings. The van der Waals surface area contributed by atoms with E-state index in [0.29, 0.717) is 6.04 Å². The van der Waals surface area contributed by atoms with Crippen molar-refractivity contribution in [3.05, 3.63) is 0 Å². The Morgan fingerprint density at radius 3 is 2.53 bits per heavy atom. The van der Waals surface area contributed by atoms with Crippen molar-refractivity contribution >= 4 is 10.0 Å². The lowest BCUT2D eigenvalue weighted by atomic mass is 10.2. The van der Waals surface area contributed by atoms with Crippen LogP contribution in [0.3, 0.4) is 0 Å². The summed E-state index contributed by atoms with van der Waals surface area (Å²) in [4.78, 5) is 2.06. The Bertz CT molecular complexity index is 340. The highest BCUT2D eigenvalue weighted by molar-refractivity contribution is 7.89. The molecule has 0 saturated heterocycles. The van der Waals surface area contributed by atoms with E-state index >= 15 is 0 Å². The van der Waals surface area contributed by atoms with Gasteiger partial charge in [-0.05, 0) is 66.2 Å². The molecule has 0 aromatic carbocycles. The van der Waals surface area contributed by atoms with Crippen molar-refractivity contribution in [1.29, 1.82) is 0 Å². The molecule has 114 valence electrons. The Hall–Kier alpha value is -0.170. The van der Waals surface area contributed by atoms with Crippen LogP contribution in [-0.2, 0) is 10.0 Å². The van der Waals surface area contributed by atoms with E-state index in [1.54, 1.807) is 0 Å². The third-order valence-corrected chi connectivity index (χ3v) is 4.83. The monoisotopic (exact) mass is 291 g/mol. The minimum absolute atomic E-state index is 0.0111. The SMILES string of the molecule is CC(CCN(C)C)NS(=O)(=O)CCCCNC1CC1. The maximum Gasteiger partial charge on any atom is 0.211 e. The number of hydrogen-bond donors (Lipinski definition) is 2. The summed E-state index contributed by atoms with van der Waals surface area (Å²) in [5.74, 6) is 0.242. The van der Waals surface area contributed by atoms with Crippen LogP contribution in [0.5, 0.6) is 0 Å². The van der Waals surface area contributed by atoms with Gasteiger partial charge in [-0.3, -0.25) is 0 Å². The Morgan fingerprint density at radius 2 is 1.95 bits per heavy atom. The van der Waals surface area contributed by atoms with Crippen molar-refractivity contribution in [2.75, 3.05) is 32.9 Å². The summed E-state index contributed by atoms with van der Waals surface area (Å²) in [6.07, 6.45) is 5.07. The number of rotatable bonds is 11. The molecule has 0 aliphatic heterocycles. The second-order valence-corrected chi connectivity index (χ2v) is 7.74. The number of hydrogen-bond acceptors (Lipinski definition) is 4. The van der Waals surface area contributed by atoms with Gasteiger partial charge < -0.3 is 10.2 Å². The quantitative estimate of drug-likeness (QED) is 0.552. The highest BCUT2D eigenvalue weighted by Crippen LogP contribution is 2.18. The third kappa shape index (κ3) is 9.38. The molecule has 0 aromatic heterocycles. The summed E-state index contributed by atoms with van der Waals surface area (Å²) < 4.78 is 26.4. The summed E-state index contributed by atoms with van der Waals surface area (Å²) in [6.45, 7) is 3.76. The topological polar surface area (TPSA) is 61.4 Å². The van der Waals surface area contributed by atoms with Crippen LogP contribution in [0.1, 0.15) is 39.0 Å². The Balaban J connectivity index is 2.07. The first-order valence-corrected chi connectivity index (χ1v) is 8.92. The van der Waals surface area contributed by atoms with Gasteiger partial charge in [0.2, 0.25) is 10.0 Å². The van der Waals surface area contributed by atoms with E-state index in [0.717, 1.165) is 32.4 Å². The van der Waals surface area contributed by atoms with Gasteiger partial charge >= 0.3 is 0 Å². The standard InChI is InChI=1S/C13H29N3O2S/c1-12(8-10-16(2)3)15-19(17,18)11-5-4-9-14-13-6-7-13/h12-15H,4-11H2,1-3H3. The third-order valence-electron chi connectivity index (χ3n) is 3.24. The number of nitrogens with zero attached hydrogens (tertiary/aromatic N) is 1. The Kier molecular flexibility index (Phi) is 7.28. The normalized spacial score (nSPS) is 17.9. The molecule has 19 heavy (non-hydrogen) atoms. The zero-order valence-electron chi connectivity index (χ0n) is 12.5. The van der Waals surface area contributed by atoms with E-state index < -0.39 is 10.0 Å². The van der Waals surface area contributed by atoms with Crippen LogP contribution in [0, 0.1) is 0 Å². The van der Waals surface area contributed by atoms with Crippen molar-refractivity contribution in [2.24, 2.45) is 0 Å². The first-order chi connectivity index (χ1) is 8.89. The molecular weight excluding hydrogens is 262 g/mol.